The first-order valence-electron chi connectivity index (χ1n) is 26.8. The van der Waals surface area contributed by atoms with E-state index in [1.54, 1.807) is 24.1 Å². The fourth-order valence-electron chi connectivity index (χ4n) is 12.7. The lowest BCUT2D eigenvalue weighted by atomic mass is 9.82. The van der Waals surface area contributed by atoms with Gasteiger partial charge in [-0.1, -0.05) is 36.4 Å². The van der Waals surface area contributed by atoms with Crippen LogP contribution in [0.1, 0.15) is 153 Å². The number of rotatable bonds is 8. The van der Waals surface area contributed by atoms with E-state index >= 15 is 8.78 Å². The van der Waals surface area contributed by atoms with Gasteiger partial charge < -0.3 is 35.3 Å². The van der Waals surface area contributed by atoms with Crippen LogP contribution in [0.25, 0.3) is 0 Å². The number of fused-ring (bicyclic) bond motifs is 6. The van der Waals surface area contributed by atoms with Gasteiger partial charge in [0, 0.05) is 87.5 Å². The quantitative estimate of drug-likeness (QED) is 0.156. The molecule has 6 heterocycles. The predicted molar refractivity (Wildman–Crippen MR) is 269 cm³/mol. The van der Waals surface area contributed by atoms with E-state index in [1.807, 2.05) is 64.1 Å². The second-order valence-corrected chi connectivity index (χ2v) is 22.3. The maximum Gasteiger partial charge on any atom is 0.356 e. The third-order valence-electron chi connectivity index (χ3n) is 17.7. The molecule has 4 aliphatic heterocycles. The van der Waals surface area contributed by atoms with Crippen LogP contribution in [-0.4, -0.2) is 138 Å². The number of aliphatic hydroxyl groups excluding tert-OH is 2. The standard InChI is InChI=1S/C28H35FN4O3.C23H26FN3O3.C5H11NO/c1-17-4-3-5-22(18(17)2)28(29)8-12-31(13-9-28)24(35)16-33-23-15-19-14-21(19)25(23)26(30-33)27(36)32-10-6-20(34)7-11-32;1-13-4-3-5-17(14(13)2)23(24)6-8-26(9-7-23)19(28)12-27-18-11-15-10-16(15)20(18)21(25-27)22(29)30;7-5-1-3-6-4-2-5/h3-5,19-21,34H,6-16H2,1-2H3;3-5,15-16H,6-12H2,1-2H3,(H,29,30);5-7H,1-4H2/t19-,21-;15-,16-;/m11./s1. The van der Waals surface area contributed by atoms with Crippen LogP contribution in [0.4, 0.5) is 8.78 Å². The number of carboxylic acids is 1. The average Bonchev–Trinajstić information content (AvgIpc) is 4.13. The van der Waals surface area contributed by atoms with E-state index in [0.717, 1.165) is 108 Å². The van der Waals surface area contributed by atoms with Crippen molar-refractivity contribution < 1.29 is 43.3 Å². The number of piperidine rings is 4. The van der Waals surface area contributed by atoms with Crippen LogP contribution in [0.3, 0.4) is 0 Å². The molecule has 4 N–H and O–H groups in total. The third-order valence-corrected chi connectivity index (χ3v) is 17.7. The molecule has 2 aromatic heterocycles. The molecule has 17 heteroatoms. The van der Waals surface area contributed by atoms with E-state index in [9.17, 15) is 29.4 Å². The minimum Gasteiger partial charge on any atom is -0.476 e. The summed E-state index contributed by atoms with van der Waals surface area (Å²) in [5.74, 6) is 0.465. The lowest BCUT2D eigenvalue weighted by Gasteiger charge is -2.37. The van der Waals surface area contributed by atoms with Gasteiger partial charge in [-0.2, -0.15) is 10.2 Å². The molecule has 73 heavy (non-hydrogen) atoms. The largest absolute Gasteiger partial charge is 0.476 e. The van der Waals surface area contributed by atoms with E-state index in [-0.39, 0.29) is 74.4 Å². The van der Waals surface area contributed by atoms with E-state index in [2.05, 4.69) is 15.5 Å². The van der Waals surface area contributed by atoms with E-state index < -0.39 is 17.3 Å². The molecular weight excluding hydrogens is 935 g/mol. The van der Waals surface area contributed by atoms with Crippen molar-refractivity contribution in [2.75, 3.05) is 52.4 Å². The molecule has 0 spiro atoms. The Hall–Kier alpha value is -5.52. The van der Waals surface area contributed by atoms with Crippen molar-refractivity contribution in [3.05, 3.63) is 104 Å². The molecule has 4 saturated heterocycles. The number of benzene rings is 2. The number of carbonyl (C=O) groups excluding carboxylic acids is 3. The predicted octanol–water partition coefficient (Wildman–Crippen LogP) is 6.32. The highest BCUT2D eigenvalue weighted by Gasteiger charge is 2.52. The highest BCUT2D eigenvalue weighted by molar-refractivity contribution is 5.95. The van der Waals surface area contributed by atoms with E-state index in [1.165, 1.54) is 0 Å². The van der Waals surface area contributed by atoms with Crippen LogP contribution in [0.2, 0.25) is 0 Å². The Labute approximate surface area is 426 Å². The summed E-state index contributed by atoms with van der Waals surface area (Å²) >= 11 is 0. The molecule has 4 aromatic rings. The smallest absolute Gasteiger partial charge is 0.356 e. The van der Waals surface area contributed by atoms with Crippen molar-refractivity contribution in [1.82, 2.24) is 39.6 Å². The molecule has 4 atom stereocenters. The molecule has 4 aliphatic carbocycles. The van der Waals surface area contributed by atoms with Gasteiger partial charge in [0.25, 0.3) is 5.91 Å². The van der Waals surface area contributed by atoms with Crippen LogP contribution in [0, 0.1) is 39.5 Å². The molecule has 2 saturated carbocycles. The topological polar surface area (TPSA) is 186 Å². The Morgan fingerprint density at radius 1 is 0.616 bits per heavy atom. The van der Waals surface area contributed by atoms with Crippen molar-refractivity contribution in [2.45, 2.75) is 153 Å². The van der Waals surface area contributed by atoms with Crippen LogP contribution in [0.15, 0.2) is 36.4 Å². The van der Waals surface area contributed by atoms with Gasteiger partial charge in [0.05, 0.1) is 12.2 Å². The van der Waals surface area contributed by atoms with Crippen molar-refractivity contribution in [3.8, 4) is 0 Å². The fraction of sp³-hybridized carbons (Fsp3) is 0.607. The third kappa shape index (κ3) is 10.2. The Morgan fingerprint density at radius 2 is 1.04 bits per heavy atom. The minimum atomic E-state index is -1.42. The van der Waals surface area contributed by atoms with Crippen molar-refractivity contribution in [2.24, 2.45) is 11.8 Å². The van der Waals surface area contributed by atoms with Gasteiger partial charge >= 0.3 is 5.97 Å². The normalized spacial score (nSPS) is 24.5. The van der Waals surface area contributed by atoms with Gasteiger partial charge in [-0.15, -0.1) is 0 Å². The Bertz CT molecular complexity index is 2760. The lowest BCUT2D eigenvalue weighted by Crippen LogP contribution is -2.45. The number of carboxylic acid groups (broad SMARTS) is 1. The summed E-state index contributed by atoms with van der Waals surface area (Å²) in [5, 5.41) is 40.2. The number of aliphatic hydroxyl groups is 2. The van der Waals surface area contributed by atoms with Gasteiger partial charge in [-0.25, -0.2) is 13.6 Å². The average molecular weight is 1010 g/mol. The highest BCUT2D eigenvalue weighted by atomic mass is 19.1. The van der Waals surface area contributed by atoms with Crippen LogP contribution in [-0.2, 0) is 46.9 Å². The van der Waals surface area contributed by atoms with Crippen molar-refractivity contribution >= 4 is 23.7 Å². The monoisotopic (exact) mass is 1010 g/mol. The summed E-state index contributed by atoms with van der Waals surface area (Å²) < 4.78 is 35.0. The maximum absolute atomic E-state index is 15.9. The Balaban J connectivity index is 0.000000149. The van der Waals surface area contributed by atoms with Gasteiger partial charge in [-0.3, -0.25) is 23.7 Å². The molecule has 392 valence electrons. The summed E-state index contributed by atoms with van der Waals surface area (Å²) in [4.78, 5) is 56.3. The zero-order valence-electron chi connectivity index (χ0n) is 42.8. The minimum absolute atomic E-state index is 0.0256. The second-order valence-electron chi connectivity index (χ2n) is 22.3. The molecule has 0 radical (unpaired) electrons. The van der Waals surface area contributed by atoms with Crippen LogP contribution < -0.4 is 5.32 Å². The first kappa shape index (κ1) is 51.0. The van der Waals surface area contributed by atoms with Crippen molar-refractivity contribution in [3.63, 3.8) is 0 Å². The van der Waals surface area contributed by atoms with Gasteiger partial charge in [0.1, 0.15) is 24.4 Å². The number of halogens is 2. The number of aromatic nitrogens is 4. The number of carbonyl (C=O) groups is 4. The Morgan fingerprint density at radius 3 is 1.47 bits per heavy atom. The zero-order chi connectivity index (χ0) is 51.5. The second kappa shape index (κ2) is 20.3. The molecule has 2 aromatic carbocycles. The molecule has 15 nitrogen and oxygen atoms in total. The maximum atomic E-state index is 15.9. The van der Waals surface area contributed by atoms with Crippen LogP contribution >= 0.6 is 0 Å². The number of amides is 3. The van der Waals surface area contributed by atoms with Gasteiger partial charge in [0.15, 0.2) is 11.4 Å². The van der Waals surface area contributed by atoms with Crippen molar-refractivity contribution in [1.29, 1.82) is 0 Å². The number of hydrogen-bond donors (Lipinski definition) is 4. The first-order valence-corrected chi connectivity index (χ1v) is 26.8. The van der Waals surface area contributed by atoms with Crippen LogP contribution in [0.5, 0.6) is 0 Å². The number of nitrogens with one attached hydrogen (secondary N) is 1. The molecule has 8 aliphatic rings. The van der Waals surface area contributed by atoms with Gasteiger partial charge in [-0.05, 0) is 149 Å². The SMILES string of the molecule is Cc1cccc(C2(F)CCN(C(=O)Cn3nc(C(=O)N4CCC(O)CC4)c4c3C[C@H]3C[C@@H]43)CC2)c1C.Cc1cccc(C2(F)CCN(C(=O)Cn3nc(C(=O)O)c4c3C[C@H]3C[C@@H]43)CC2)c1C.OC1CCNCC1. The first-order chi connectivity index (χ1) is 34.9. The number of hydrogen-bond acceptors (Lipinski definition) is 9. The Kier molecular flexibility index (Phi) is 14.2. The summed E-state index contributed by atoms with van der Waals surface area (Å²) in [6.07, 6.45) is 7.56. The summed E-state index contributed by atoms with van der Waals surface area (Å²) in [5.41, 5.74) is 7.15. The number of likely N-dealkylation sites (tertiary alicyclic amines) is 3. The number of alkyl halides is 2. The number of aromatic carboxylic acids is 1. The van der Waals surface area contributed by atoms with E-state index in [4.69, 9.17) is 5.11 Å². The summed E-state index contributed by atoms with van der Waals surface area (Å²) in [6.45, 7) is 12.5. The fourth-order valence-corrected chi connectivity index (χ4v) is 12.7. The lowest BCUT2D eigenvalue weighted by molar-refractivity contribution is -0.135. The number of nitrogens with zero attached hydrogens (tertiary/aromatic N) is 7. The highest BCUT2D eigenvalue weighted by Crippen LogP contribution is 2.58. The molecule has 0 bridgehead atoms. The summed E-state index contributed by atoms with van der Waals surface area (Å²) in [6, 6.07) is 11.5. The molecular formula is C56H72F2N8O7. The molecule has 3 amide bonds. The van der Waals surface area contributed by atoms with Gasteiger partial charge in [0.2, 0.25) is 11.8 Å². The molecule has 6 fully saturated rings. The molecule has 12 rings (SSSR count). The molecule has 0 unspecified atom stereocenters. The number of aryl methyl sites for hydroxylation is 2. The van der Waals surface area contributed by atoms with E-state index in [0.29, 0.717) is 81.5 Å². The zero-order valence-corrected chi connectivity index (χ0v) is 42.8. The summed E-state index contributed by atoms with van der Waals surface area (Å²) in [7, 11) is 0.